The summed E-state index contributed by atoms with van der Waals surface area (Å²) >= 11 is 0. The standard InChI is InChI=1S/C32H30O7/c33-30-19-27-26(15-16-32(36-17-18-37-32)21-35-25-9-5-2-6-10-25)28(20-29(27)38-30)39-31(34)24-13-11-23(12-14-24)22-7-3-1-4-8-22/h1-16,26-29H,17-21H2/b16-15+/t26-,27+,28-,29-/m0/s1. The Balaban J connectivity index is 1.17. The Labute approximate surface area is 227 Å². The molecule has 3 aromatic carbocycles. The molecule has 1 aliphatic carbocycles. The first-order chi connectivity index (χ1) is 19.1. The van der Waals surface area contributed by atoms with Crippen LogP contribution >= 0.6 is 0 Å². The molecule has 0 spiro atoms. The Morgan fingerprint density at radius 1 is 0.897 bits per heavy atom. The highest BCUT2D eigenvalue weighted by Crippen LogP contribution is 2.44. The zero-order valence-corrected chi connectivity index (χ0v) is 21.4. The molecule has 0 radical (unpaired) electrons. The molecule has 200 valence electrons. The Bertz CT molecular complexity index is 1310. The van der Waals surface area contributed by atoms with Crippen LogP contribution in [0.25, 0.3) is 11.1 Å². The van der Waals surface area contributed by atoms with E-state index in [-0.39, 0.29) is 36.9 Å². The average molecular weight is 527 g/mol. The van der Waals surface area contributed by atoms with Crippen molar-refractivity contribution >= 4 is 11.9 Å². The number of hydrogen-bond acceptors (Lipinski definition) is 7. The SMILES string of the molecule is O=C1C[C@@H]2[C@H](/C=C/C3(COc4ccccc4)OCCO3)[C@@H](OC(=O)c3ccc(-c4ccccc4)cc3)C[C@@H]2O1. The van der Waals surface area contributed by atoms with Crippen LogP contribution < -0.4 is 4.74 Å². The number of carbonyl (C=O) groups is 2. The van der Waals surface area contributed by atoms with Gasteiger partial charge in [0.25, 0.3) is 0 Å². The number of para-hydroxylation sites is 1. The molecule has 3 aromatic rings. The zero-order valence-electron chi connectivity index (χ0n) is 21.4. The van der Waals surface area contributed by atoms with Crippen LogP contribution in [-0.4, -0.2) is 49.8 Å². The van der Waals surface area contributed by atoms with Crippen molar-refractivity contribution in [2.45, 2.75) is 30.8 Å². The number of benzene rings is 3. The topological polar surface area (TPSA) is 80.3 Å². The van der Waals surface area contributed by atoms with Gasteiger partial charge >= 0.3 is 11.9 Å². The predicted octanol–water partition coefficient (Wildman–Crippen LogP) is 5.21. The van der Waals surface area contributed by atoms with Crippen molar-refractivity contribution in [1.82, 2.24) is 0 Å². The number of rotatable bonds is 8. The summed E-state index contributed by atoms with van der Waals surface area (Å²) in [6, 6.07) is 26.8. The summed E-state index contributed by atoms with van der Waals surface area (Å²) in [5.41, 5.74) is 2.58. The molecular formula is C32H30O7. The van der Waals surface area contributed by atoms with Crippen molar-refractivity contribution in [2.75, 3.05) is 19.8 Å². The molecule has 0 amide bonds. The quantitative estimate of drug-likeness (QED) is 0.295. The molecule has 0 bridgehead atoms. The highest BCUT2D eigenvalue weighted by molar-refractivity contribution is 5.90. The maximum atomic E-state index is 13.1. The first kappa shape index (κ1) is 25.3. The molecule has 0 N–H and O–H groups in total. The molecule has 3 fully saturated rings. The molecule has 2 saturated heterocycles. The first-order valence-electron chi connectivity index (χ1n) is 13.3. The fourth-order valence-electron chi connectivity index (χ4n) is 5.58. The summed E-state index contributed by atoms with van der Waals surface area (Å²) in [7, 11) is 0. The smallest absolute Gasteiger partial charge is 0.338 e. The maximum absolute atomic E-state index is 13.1. The van der Waals surface area contributed by atoms with Crippen LogP contribution in [0.3, 0.4) is 0 Å². The van der Waals surface area contributed by atoms with E-state index in [0.717, 1.165) is 11.1 Å². The van der Waals surface area contributed by atoms with Crippen LogP contribution in [0.15, 0.2) is 97.1 Å². The Kier molecular flexibility index (Phi) is 7.18. The molecule has 39 heavy (non-hydrogen) atoms. The second-order valence-electron chi connectivity index (χ2n) is 10.1. The van der Waals surface area contributed by atoms with Crippen molar-refractivity contribution in [3.8, 4) is 16.9 Å². The summed E-state index contributed by atoms with van der Waals surface area (Å²) in [5, 5.41) is 0. The number of carbonyl (C=O) groups excluding carboxylic acids is 2. The molecule has 0 unspecified atom stereocenters. The van der Waals surface area contributed by atoms with Crippen LogP contribution in [0.5, 0.6) is 5.75 Å². The van der Waals surface area contributed by atoms with E-state index in [0.29, 0.717) is 30.9 Å². The van der Waals surface area contributed by atoms with E-state index < -0.39 is 17.9 Å². The molecule has 2 heterocycles. The monoisotopic (exact) mass is 526 g/mol. The molecule has 2 aliphatic heterocycles. The maximum Gasteiger partial charge on any atom is 0.338 e. The van der Waals surface area contributed by atoms with Gasteiger partial charge in [-0.1, -0.05) is 66.7 Å². The summed E-state index contributed by atoms with van der Waals surface area (Å²) in [6.07, 6.45) is 3.80. The Hall–Kier alpha value is -3.94. The average Bonchev–Trinajstić information content (AvgIpc) is 3.67. The second kappa shape index (κ2) is 11.0. The third-order valence-corrected chi connectivity index (χ3v) is 7.57. The van der Waals surface area contributed by atoms with Gasteiger partial charge in [-0.2, -0.15) is 0 Å². The number of hydrogen-bond donors (Lipinski definition) is 0. The van der Waals surface area contributed by atoms with Crippen molar-refractivity contribution in [2.24, 2.45) is 11.8 Å². The van der Waals surface area contributed by atoms with Crippen molar-refractivity contribution in [3.05, 3.63) is 103 Å². The van der Waals surface area contributed by atoms with Gasteiger partial charge in [-0.05, 0) is 41.5 Å². The number of fused-ring (bicyclic) bond motifs is 1. The van der Waals surface area contributed by atoms with Crippen LogP contribution in [0.1, 0.15) is 23.2 Å². The highest BCUT2D eigenvalue weighted by atomic mass is 16.8. The van der Waals surface area contributed by atoms with Crippen LogP contribution in [0.4, 0.5) is 0 Å². The van der Waals surface area contributed by atoms with Gasteiger partial charge in [0, 0.05) is 18.3 Å². The van der Waals surface area contributed by atoms with Crippen LogP contribution in [0, 0.1) is 11.8 Å². The second-order valence-corrected chi connectivity index (χ2v) is 10.1. The molecular weight excluding hydrogens is 496 g/mol. The number of ether oxygens (including phenoxy) is 5. The fraction of sp³-hybridized carbons (Fsp3) is 0.312. The van der Waals surface area contributed by atoms with E-state index in [1.54, 1.807) is 12.1 Å². The van der Waals surface area contributed by atoms with E-state index >= 15 is 0 Å². The third-order valence-electron chi connectivity index (χ3n) is 7.57. The zero-order chi connectivity index (χ0) is 26.7. The van der Waals surface area contributed by atoms with Crippen molar-refractivity contribution in [3.63, 3.8) is 0 Å². The summed E-state index contributed by atoms with van der Waals surface area (Å²) in [6.45, 7) is 1.05. The molecule has 4 atom stereocenters. The molecule has 1 saturated carbocycles. The first-order valence-corrected chi connectivity index (χ1v) is 13.3. The predicted molar refractivity (Wildman–Crippen MR) is 143 cm³/mol. The lowest BCUT2D eigenvalue weighted by molar-refractivity contribution is -0.141. The van der Waals surface area contributed by atoms with Gasteiger partial charge in [0.05, 0.1) is 25.2 Å². The Morgan fingerprint density at radius 2 is 1.56 bits per heavy atom. The van der Waals surface area contributed by atoms with E-state index in [1.165, 1.54) is 0 Å². The fourth-order valence-corrected chi connectivity index (χ4v) is 5.58. The minimum atomic E-state index is -1.06. The minimum Gasteiger partial charge on any atom is -0.488 e. The largest absolute Gasteiger partial charge is 0.488 e. The highest BCUT2D eigenvalue weighted by Gasteiger charge is 2.51. The van der Waals surface area contributed by atoms with E-state index in [4.69, 9.17) is 23.7 Å². The van der Waals surface area contributed by atoms with Crippen LogP contribution in [-0.2, 0) is 23.7 Å². The van der Waals surface area contributed by atoms with Gasteiger partial charge in [0.1, 0.15) is 24.6 Å². The molecule has 0 aromatic heterocycles. The molecule has 3 aliphatic rings. The van der Waals surface area contributed by atoms with Gasteiger partial charge in [-0.15, -0.1) is 0 Å². The van der Waals surface area contributed by atoms with Gasteiger partial charge in [0.2, 0.25) is 5.79 Å². The lowest BCUT2D eigenvalue weighted by atomic mass is 9.91. The third kappa shape index (κ3) is 5.60. The lowest BCUT2D eigenvalue weighted by Crippen LogP contribution is -2.36. The van der Waals surface area contributed by atoms with Gasteiger partial charge < -0.3 is 23.7 Å². The summed E-state index contributed by atoms with van der Waals surface area (Å²) in [4.78, 5) is 25.2. The lowest BCUT2D eigenvalue weighted by Gasteiger charge is -2.26. The van der Waals surface area contributed by atoms with Crippen molar-refractivity contribution < 1.29 is 33.3 Å². The number of esters is 2. The Morgan fingerprint density at radius 3 is 2.28 bits per heavy atom. The normalized spacial score (nSPS) is 25.4. The molecule has 6 rings (SSSR count). The summed E-state index contributed by atoms with van der Waals surface area (Å²) in [5.74, 6) is -1.28. The van der Waals surface area contributed by atoms with Gasteiger partial charge in [-0.3, -0.25) is 4.79 Å². The van der Waals surface area contributed by atoms with Gasteiger partial charge in [-0.25, -0.2) is 4.79 Å². The van der Waals surface area contributed by atoms with Crippen LogP contribution in [0.2, 0.25) is 0 Å². The van der Waals surface area contributed by atoms with E-state index in [9.17, 15) is 9.59 Å². The van der Waals surface area contributed by atoms with E-state index in [2.05, 4.69) is 0 Å². The van der Waals surface area contributed by atoms with E-state index in [1.807, 2.05) is 84.9 Å². The summed E-state index contributed by atoms with van der Waals surface area (Å²) < 4.78 is 29.4. The van der Waals surface area contributed by atoms with Gasteiger partial charge in [0.15, 0.2) is 0 Å². The molecule has 7 nitrogen and oxygen atoms in total. The minimum absolute atomic E-state index is 0.0829. The molecule has 7 heteroatoms. The van der Waals surface area contributed by atoms with Crippen molar-refractivity contribution in [1.29, 1.82) is 0 Å².